The number of aromatic amines is 1. The molecule has 0 radical (unpaired) electrons. The van der Waals surface area contributed by atoms with Crippen molar-refractivity contribution in [2.24, 2.45) is 0 Å². The maximum atomic E-state index is 12.5. The number of aromatic nitrogens is 2. The summed E-state index contributed by atoms with van der Waals surface area (Å²) in [7, 11) is -3.38. The fraction of sp³-hybridized carbons (Fsp3) is 0.353. The molecule has 1 aromatic carbocycles. The number of ether oxygens (including phenoxy) is 2. The third-order valence-corrected chi connectivity index (χ3v) is 4.78. The van der Waals surface area contributed by atoms with Crippen LogP contribution in [0, 0.1) is 0 Å². The summed E-state index contributed by atoms with van der Waals surface area (Å²) in [6, 6.07) is 9.24. The predicted octanol–water partition coefficient (Wildman–Crippen LogP) is 0.837. The average molecular weight is 410 g/mol. The molecule has 3 rings (SSSR count). The Kier molecular flexibility index (Phi) is 6.25. The molecule has 0 aliphatic carbocycles. The molecule has 2 N–H and O–H groups in total. The zero-order valence-electron chi connectivity index (χ0n) is 14.8. The molecule has 10 nitrogen and oxygen atoms in total. The normalized spacial score (nSPS) is 25.4. The fourth-order valence-electron chi connectivity index (χ4n) is 3.04. The van der Waals surface area contributed by atoms with E-state index in [-0.39, 0.29) is 5.56 Å². The predicted molar refractivity (Wildman–Crippen MR) is 97.3 cm³/mol. The van der Waals surface area contributed by atoms with Gasteiger partial charge in [0.15, 0.2) is 12.3 Å². The molecule has 2 aromatic rings. The summed E-state index contributed by atoms with van der Waals surface area (Å²) in [6.45, 7) is 1.75. The lowest BCUT2D eigenvalue weighted by atomic mass is 10.1. The molecule has 28 heavy (non-hydrogen) atoms. The second kappa shape index (κ2) is 8.66. The smallest absolute Gasteiger partial charge is 0.338 e. The Morgan fingerprint density at radius 3 is 2.57 bits per heavy atom. The van der Waals surface area contributed by atoms with Gasteiger partial charge in [-0.2, -0.15) is 0 Å². The lowest BCUT2D eigenvalue weighted by molar-refractivity contribution is -0.0515. The molecule has 1 fully saturated rings. The van der Waals surface area contributed by atoms with Gasteiger partial charge < -0.3 is 18.9 Å². The van der Waals surface area contributed by atoms with Gasteiger partial charge in [-0.3, -0.25) is 18.9 Å². The molecule has 150 valence electrons. The molecular formula is C17H19N2O8P. The van der Waals surface area contributed by atoms with Gasteiger partial charge in [-0.15, -0.1) is 0 Å². The van der Waals surface area contributed by atoms with Crippen LogP contribution in [-0.2, 0) is 18.6 Å². The number of carbonyl (C=O) groups excluding carboxylic acids is 1. The average Bonchev–Trinajstić information content (AvgIpc) is 2.99. The van der Waals surface area contributed by atoms with E-state index >= 15 is 0 Å². The molecule has 1 saturated heterocycles. The Bertz CT molecular complexity index is 973. The van der Waals surface area contributed by atoms with Gasteiger partial charge in [0, 0.05) is 12.3 Å². The van der Waals surface area contributed by atoms with Crippen LogP contribution in [0.25, 0.3) is 0 Å². The number of nitrogens with zero attached hydrogens (tertiary/aromatic N) is 1. The van der Waals surface area contributed by atoms with Crippen LogP contribution in [0.1, 0.15) is 29.9 Å². The molecular weight excluding hydrogens is 391 g/mol. The van der Waals surface area contributed by atoms with Crippen LogP contribution in [0.15, 0.2) is 52.2 Å². The van der Waals surface area contributed by atoms with E-state index < -0.39 is 50.0 Å². The molecule has 0 amide bonds. The maximum Gasteiger partial charge on any atom is 0.338 e. The van der Waals surface area contributed by atoms with Gasteiger partial charge >= 0.3 is 19.9 Å². The molecule has 1 aliphatic heterocycles. The molecule has 1 aromatic heterocycles. The highest BCUT2D eigenvalue weighted by Crippen LogP contribution is 2.38. The number of esters is 1. The van der Waals surface area contributed by atoms with Crippen molar-refractivity contribution in [2.45, 2.75) is 37.9 Å². The highest BCUT2D eigenvalue weighted by Gasteiger charge is 2.49. The molecule has 5 atom stereocenters. The van der Waals surface area contributed by atoms with Crippen LogP contribution in [0.3, 0.4) is 0 Å². The van der Waals surface area contributed by atoms with Gasteiger partial charge in [0.2, 0.25) is 0 Å². The standard InChI is InChI=1S/C17H19N2O8P/c1-2-11-13(27-28(23)24)14(26-16(21)10-6-4-3-5-7-10)15(25-11)19-9-8-12(20)18-17(19)22/h3-9,11,13-15,28H,2H2,1H3,(H,23,24)(H,18,20,22)/t11-,13?,14+,15-/m1/s1. The minimum absolute atomic E-state index is 0.255. The van der Waals surface area contributed by atoms with Crippen molar-refractivity contribution in [1.29, 1.82) is 0 Å². The van der Waals surface area contributed by atoms with Crippen molar-refractivity contribution in [3.05, 3.63) is 69.0 Å². The number of hydrogen-bond acceptors (Lipinski definition) is 7. The highest BCUT2D eigenvalue weighted by molar-refractivity contribution is 7.32. The molecule has 2 heterocycles. The summed E-state index contributed by atoms with van der Waals surface area (Å²) >= 11 is 0. The van der Waals surface area contributed by atoms with Gasteiger partial charge in [-0.25, -0.2) is 9.59 Å². The summed E-state index contributed by atoms with van der Waals surface area (Å²) < 4.78 is 28.8. The van der Waals surface area contributed by atoms with Crippen molar-refractivity contribution in [3.63, 3.8) is 0 Å². The third kappa shape index (κ3) is 4.31. The van der Waals surface area contributed by atoms with Crippen molar-refractivity contribution < 1.29 is 28.3 Å². The van der Waals surface area contributed by atoms with E-state index in [4.69, 9.17) is 14.0 Å². The van der Waals surface area contributed by atoms with Crippen LogP contribution in [0.5, 0.6) is 0 Å². The summed E-state index contributed by atoms with van der Waals surface area (Å²) in [5.41, 5.74) is -1.12. The van der Waals surface area contributed by atoms with Crippen LogP contribution in [0.2, 0.25) is 0 Å². The fourth-order valence-corrected chi connectivity index (χ4v) is 3.56. The molecule has 1 aliphatic rings. The number of nitrogens with one attached hydrogen (secondary N) is 1. The molecule has 0 spiro atoms. The minimum Gasteiger partial charge on any atom is -0.451 e. The number of rotatable bonds is 6. The SMILES string of the molecule is CC[C@H]1O[C@@H](n2ccc(=O)[nH]c2=O)[C@@H](OC(=O)c2ccccc2)C1O[PH](=O)O. The highest BCUT2D eigenvalue weighted by atomic mass is 31.1. The van der Waals surface area contributed by atoms with Crippen molar-refractivity contribution in [1.82, 2.24) is 9.55 Å². The Morgan fingerprint density at radius 2 is 1.96 bits per heavy atom. The van der Waals surface area contributed by atoms with Crippen LogP contribution in [0.4, 0.5) is 0 Å². The summed E-state index contributed by atoms with van der Waals surface area (Å²) in [4.78, 5) is 47.4. The van der Waals surface area contributed by atoms with Crippen molar-refractivity contribution >= 4 is 14.2 Å². The topological polar surface area (TPSA) is 137 Å². The second-order valence-corrected chi connectivity index (χ2v) is 6.84. The zero-order chi connectivity index (χ0) is 20.3. The number of benzene rings is 1. The van der Waals surface area contributed by atoms with Gasteiger partial charge in [0.1, 0.15) is 6.10 Å². The van der Waals surface area contributed by atoms with E-state index in [0.717, 1.165) is 10.6 Å². The third-order valence-electron chi connectivity index (χ3n) is 4.30. The van der Waals surface area contributed by atoms with E-state index in [1.165, 1.54) is 6.20 Å². The molecule has 11 heteroatoms. The van der Waals surface area contributed by atoms with Crippen LogP contribution in [-0.4, -0.2) is 38.7 Å². The quantitative estimate of drug-likeness (QED) is 0.528. The Labute approximate surface area is 159 Å². The van der Waals surface area contributed by atoms with E-state index in [0.29, 0.717) is 6.42 Å². The van der Waals surface area contributed by atoms with Crippen LogP contribution >= 0.6 is 8.25 Å². The van der Waals surface area contributed by atoms with Gasteiger partial charge in [0.05, 0.1) is 11.7 Å². The number of H-pyrrole nitrogens is 1. The first-order chi connectivity index (χ1) is 13.4. The van der Waals surface area contributed by atoms with Crippen molar-refractivity contribution in [3.8, 4) is 0 Å². The molecule has 2 unspecified atom stereocenters. The largest absolute Gasteiger partial charge is 0.451 e. The summed E-state index contributed by atoms with van der Waals surface area (Å²) in [5.74, 6) is -0.709. The van der Waals surface area contributed by atoms with E-state index in [1.807, 2.05) is 0 Å². The van der Waals surface area contributed by atoms with Crippen molar-refractivity contribution in [2.75, 3.05) is 0 Å². The van der Waals surface area contributed by atoms with Gasteiger partial charge in [-0.1, -0.05) is 25.1 Å². The van der Waals surface area contributed by atoms with E-state index in [2.05, 4.69) is 4.98 Å². The first kappa shape index (κ1) is 20.2. The van der Waals surface area contributed by atoms with Gasteiger partial charge in [-0.05, 0) is 18.6 Å². The number of carbonyl (C=O) groups is 1. The van der Waals surface area contributed by atoms with Crippen LogP contribution < -0.4 is 11.2 Å². The van der Waals surface area contributed by atoms with E-state index in [1.54, 1.807) is 37.3 Å². The molecule has 0 saturated carbocycles. The monoisotopic (exact) mass is 410 g/mol. The Balaban J connectivity index is 1.98. The molecule has 0 bridgehead atoms. The maximum absolute atomic E-state index is 12.5. The zero-order valence-corrected chi connectivity index (χ0v) is 15.8. The van der Waals surface area contributed by atoms with E-state index in [9.17, 15) is 23.8 Å². The first-order valence-electron chi connectivity index (χ1n) is 8.53. The lowest BCUT2D eigenvalue weighted by Gasteiger charge is -2.24. The Morgan fingerprint density at radius 1 is 1.25 bits per heavy atom. The summed E-state index contributed by atoms with van der Waals surface area (Å²) in [6.07, 6.45) is -2.55. The second-order valence-electron chi connectivity index (χ2n) is 6.08. The summed E-state index contributed by atoms with van der Waals surface area (Å²) in [5, 5.41) is 0. The first-order valence-corrected chi connectivity index (χ1v) is 9.79. The Hall–Kier alpha value is -2.52. The minimum atomic E-state index is -3.38. The van der Waals surface area contributed by atoms with Gasteiger partial charge in [0.25, 0.3) is 5.56 Å². The number of hydrogen-bond donors (Lipinski definition) is 2. The lowest BCUT2D eigenvalue weighted by Crippen LogP contribution is -2.40.